The average molecular weight is 270 g/mol. The van der Waals surface area contributed by atoms with Gasteiger partial charge in [-0.1, -0.05) is 20.8 Å². The molecule has 3 rings (SSSR count). The zero-order chi connectivity index (χ0) is 14.2. The SMILES string of the molecule is CC(C)(C)c1cc2c(NCc3cnc[nH]3)nccn2n1. The van der Waals surface area contributed by atoms with Gasteiger partial charge < -0.3 is 10.3 Å². The van der Waals surface area contributed by atoms with Crippen molar-refractivity contribution < 1.29 is 0 Å². The highest BCUT2D eigenvalue weighted by atomic mass is 15.2. The van der Waals surface area contributed by atoms with E-state index in [4.69, 9.17) is 0 Å². The second-order valence-electron chi connectivity index (χ2n) is 5.82. The Kier molecular flexibility index (Phi) is 2.93. The van der Waals surface area contributed by atoms with Gasteiger partial charge in [0.2, 0.25) is 0 Å². The predicted molar refractivity (Wildman–Crippen MR) is 77.6 cm³/mol. The van der Waals surface area contributed by atoms with Crippen LogP contribution in [0.2, 0.25) is 0 Å². The second-order valence-corrected chi connectivity index (χ2v) is 5.82. The van der Waals surface area contributed by atoms with Crippen molar-refractivity contribution in [1.29, 1.82) is 0 Å². The van der Waals surface area contributed by atoms with Gasteiger partial charge in [-0.25, -0.2) is 14.5 Å². The van der Waals surface area contributed by atoms with Crippen molar-refractivity contribution in [2.75, 3.05) is 5.32 Å². The van der Waals surface area contributed by atoms with Crippen LogP contribution in [0.25, 0.3) is 5.52 Å². The quantitative estimate of drug-likeness (QED) is 0.766. The third-order valence-electron chi connectivity index (χ3n) is 3.16. The van der Waals surface area contributed by atoms with Crippen LogP contribution in [0.3, 0.4) is 0 Å². The van der Waals surface area contributed by atoms with Gasteiger partial charge in [0.25, 0.3) is 0 Å². The van der Waals surface area contributed by atoms with E-state index in [1.165, 1.54) is 0 Å². The first kappa shape index (κ1) is 12.7. The summed E-state index contributed by atoms with van der Waals surface area (Å²) in [6.45, 7) is 7.11. The maximum Gasteiger partial charge on any atom is 0.152 e. The molecule has 0 atom stereocenters. The van der Waals surface area contributed by atoms with Gasteiger partial charge in [-0.3, -0.25) is 0 Å². The van der Waals surface area contributed by atoms with E-state index in [2.05, 4.69) is 52.2 Å². The molecular formula is C14H18N6. The van der Waals surface area contributed by atoms with Crippen molar-refractivity contribution >= 4 is 11.3 Å². The van der Waals surface area contributed by atoms with E-state index in [0.29, 0.717) is 6.54 Å². The minimum Gasteiger partial charge on any atom is -0.363 e. The highest BCUT2D eigenvalue weighted by molar-refractivity contribution is 5.68. The second kappa shape index (κ2) is 4.63. The maximum absolute atomic E-state index is 4.61. The van der Waals surface area contributed by atoms with Gasteiger partial charge in [0, 0.05) is 24.0 Å². The largest absolute Gasteiger partial charge is 0.363 e. The molecule has 0 fully saturated rings. The summed E-state index contributed by atoms with van der Waals surface area (Å²) in [6, 6.07) is 2.09. The van der Waals surface area contributed by atoms with E-state index in [1.807, 2.05) is 10.7 Å². The number of hydrogen-bond donors (Lipinski definition) is 2. The maximum atomic E-state index is 4.61. The van der Waals surface area contributed by atoms with Crippen LogP contribution in [0.5, 0.6) is 0 Å². The molecule has 6 heteroatoms. The van der Waals surface area contributed by atoms with E-state index >= 15 is 0 Å². The molecule has 0 aliphatic heterocycles. The van der Waals surface area contributed by atoms with Crippen LogP contribution >= 0.6 is 0 Å². The summed E-state index contributed by atoms with van der Waals surface area (Å²) in [7, 11) is 0. The fraction of sp³-hybridized carbons (Fsp3) is 0.357. The lowest BCUT2D eigenvalue weighted by atomic mass is 9.92. The molecule has 104 valence electrons. The number of aromatic nitrogens is 5. The van der Waals surface area contributed by atoms with Crippen molar-refractivity contribution in [3.05, 3.63) is 42.4 Å². The fourth-order valence-corrected chi connectivity index (χ4v) is 1.99. The zero-order valence-corrected chi connectivity index (χ0v) is 11.9. The van der Waals surface area contributed by atoms with E-state index in [9.17, 15) is 0 Å². The van der Waals surface area contributed by atoms with Crippen LogP contribution in [-0.4, -0.2) is 24.6 Å². The number of hydrogen-bond acceptors (Lipinski definition) is 4. The van der Waals surface area contributed by atoms with Crippen LogP contribution in [0.15, 0.2) is 31.0 Å². The summed E-state index contributed by atoms with van der Waals surface area (Å²) in [4.78, 5) is 11.5. The van der Waals surface area contributed by atoms with E-state index < -0.39 is 0 Å². The average Bonchev–Trinajstić information content (AvgIpc) is 3.04. The molecule has 0 bridgehead atoms. The molecule has 0 spiro atoms. The van der Waals surface area contributed by atoms with Crippen LogP contribution in [0.4, 0.5) is 5.82 Å². The monoisotopic (exact) mass is 270 g/mol. The first-order valence-electron chi connectivity index (χ1n) is 6.60. The Bertz CT molecular complexity index is 705. The molecule has 0 unspecified atom stereocenters. The molecular weight excluding hydrogens is 252 g/mol. The van der Waals surface area contributed by atoms with Crippen molar-refractivity contribution in [3.8, 4) is 0 Å². The van der Waals surface area contributed by atoms with Gasteiger partial charge in [0.05, 0.1) is 24.3 Å². The summed E-state index contributed by atoms with van der Waals surface area (Å²) < 4.78 is 1.86. The minimum atomic E-state index is 0.0205. The van der Waals surface area contributed by atoms with Crippen LogP contribution in [0, 0.1) is 0 Å². The molecule has 3 aromatic heterocycles. The van der Waals surface area contributed by atoms with Gasteiger partial charge in [-0.05, 0) is 6.07 Å². The summed E-state index contributed by atoms with van der Waals surface area (Å²) in [6.07, 6.45) is 7.08. The van der Waals surface area contributed by atoms with Crippen molar-refractivity contribution in [2.24, 2.45) is 0 Å². The number of nitrogens with zero attached hydrogens (tertiary/aromatic N) is 4. The summed E-state index contributed by atoms with van der Waals surface area (Å²) >= 11 is 0. The Morgan fingerprint density at radius 2 is 2.20 bits per heavy atom. The first-order chi connectivity index (χ1) is 9.54. The number of imidazole rings is 1. The number of rotatable bonds is 3. The Morgan fingerprint density at radius 3 is 2.90 bits per heavy atom. The lowest BCUT2D eigenvalue weighted by Crippen LogP contribution is -2.11. The minimum absolute atomic E-state index is 0.0205. The summed E-state index contributed by atoms with van der Waals surface area (Å²) in [5.41, 5.74) is 3.07. The number of aromatic amines is 1. The number of anilines is 1. The Morgan fingerprint density at radius 1 is 1.35 bits per heavy atom. The Balaban J connectivity index is 1.92. The number of fused-ring (bicyclic) bond motifs is 1. The zero-order valence-electron chi connectivity index (χ0n) is 11.9. The lowest BCUT2D eigenvalue weighted by Gasteiger charge is -2.13. The van der Waals surface area contributed by atoms with Crippen LogP contribution in [-0.2, 0) is 12.0 Å². The normalized spacial score (nSPS) is 11.9. The van der Waals surface area contributed by atoms with Gasteiger partial charge in [-0.2, -0.15) is 5.10 Å². The van der Waals surface area contributed by atoms with E-state index in [0.717, 1.165) is 22.7 Å². The molecule has 0 aromatic carbocycles. The lowest BCUT2D eigenvalue weighted by molar-refractivity contribution is 0.562. The molecule has 3 heterocycles. The van der Waals surface area contributed by atoms with Crippen LogP contribution in [0.1, 0.15) is 32.2 Å². The molecule has 0 saturated heterocycles. The van der Waals surface area contributed by atoms with Crippen LogP contribution < -0.4 is 5.32 Å². The van der Waals surface area contributed by atoms with Gasteiger partial charge in [-0.15, -0.1) is 0 Å². The Labute approximate surface area is 117 Å². The predicted octanol–water partition coefficient (Wildman–Crippen LogP) is 2.36. The molecule has 6 nitrogen and oxygen atoms in total. The Hall–Kier alpha value is -2.37. The topological polar surface area (TPSA) is 70.9 Å². The summed E-state index contributed by atoms with van der Waals surface area (Å²) in [5, 5.41) is 7.92. The first-order valence-corrected chi connectivity index (χ1v) is 6.60. The molecule has 3 aromatic rings. The van der Waals surface area contributed by atoms with E-state index in [-0.39, 0.29) is 5.41 Å². The molecule has 0 amide bonds. The van der Waals surface area contributed by atoms with Gasteiger partial charge >= 0.3 is 0 Å². The fourth-order valence-electron chi connectivity index (χ4n) is 1.99. The standard InChI is InChI=1S/C14H18N6/c1-14(2,3)12-6-11-13(16-4-5-20(11)19-12)17-8-10-7-15-9-18-10/h4-7,9H,8H2,1-3H3,(H,15,18)(H,16,17). The molecule has 20 heavy (non-hydrogen) atoms. The number of nitrogens with one attached hydrogen (secondary N) is 2. The molecule has 0 aliphatic rings. The van der Waals surface area contributed by atoms with Gasteiger partial charge in [0.15, 0.2) is 5.82 Å². The molecule has 2 N–H and O–H groups in total. The molecule has 0 saturated carbocycles. The van der Waals surface area contributed by atoms with E-state index in [1.54, 1.807) is 18.7 Å². The highest BCUT2D eigenvalue weighted by Gasteiger charge is 2.18. The van der Waals surface area contributed by atoms with Crippen molar-refractivity contribution in [3.63, 3.8) is 0 Å². The van der Waals surface area contributed by atoms with Gasteiger partial charge in [0.1, 0.15) is 5.52 Å². The third-order valence-corrected chi connectivity index (χ3v) is 3.16. The van der Waals surface area contributed by atoms with Crippen molar-refractivity contribution in [1.82, 2.24) is 24.6 Å². The van der Waals surface area contributed by atoms with Crippen molar-refractivity contribution in [2.45, 2.75) is 32.7 Å². The summed E-state index contributed by atoms with van der Waals surface area (Å²) in [5.74, 6) is 0.824. The smallest absolute Gasteiger partial charge is 0.152 e. The highest BCUT2D eigenvalue weighted by Crippen LogP contribution is 2.24. The number of H-pyrrole nitrogens is 1. The molecule has 0 aliphatic carbocycles. The third kappa shape index (κ3) is 2.36. The molecule has 0 radical (unpaired) electrons.